The molecule has 0 unspecified atom stereocenters. The fourth-order valence-corrected chi connectivity index (χ4v) is 2.32. The number of ether oxygens (including phenoxy) is 1. The van der Waals surface area contributed by atoms with E-state index in [4.69, 9.17) is 4.74 Å². The summed E-state index contributed by atoms with van der Waals surface area (Å²) in [6.45, 7) is 5.74. The number of rotatable bonds is 4. The van der Waals surface area contributed by atoms with E-state index in [0.717, 1.165) is 5.69 Å². The molecule has 0 fully saturated rings. The second kappa shape index (κ2) is 6.87. The number of urea groups is 1. The zero-order valence-corrected chi connectivity index (χ0v) is 14.7. The summed E-state index contributed by atoms with van der Waals surface area (Å²) in [6, 6.07) is 6.85. The summed E-state index contributed by atoms with van der Waals surface area (Å²) in [6.07, 6.45) is 1.34. The van der Waals surface area contributed by atoms with Crippen LogP contribution in [0.5, 0.6) is 5.75 Å². The Morgan fingerprint density at radius 2 is 1.88 bits per heavy atom. The highest BCUT2D eigenvalue weighted by molar-refractivity contribution is 6.00. The number of fused-ring (bicyclic) bond motifs is 1. The van der Waals surface area contributed by atoms with Crippen molar-refractivity contribution in [3.8, 4) is 5.75 Å². The minimum atomic E-state index is -1.02. The van der Waals surface area contributed by atoms with E-state index in [1.54, 1.807) is 38.1 Å². The van der Waals surface area contributed by atoms with Gasteiger partial charge in [0.2, 0.25) is 5.75 Å². The molecule has 0 bridgehead atoms. The van der Waals surface area contributed by atoms with Crippen LogP contribution in [-0.4, -0.2) is 34.1 Å². The molecule has 26 heavy (non-hydrogen) atoms. The number of aromatic nitrogens is 2. The van der Waals surface area contributed by atoms with E-state index in [0.29, 0.717) is 29.6 Å². The second-order valence-corrected chi connectivity index (χ2v) is 6.15. The first-order chi connectivity index (χ1) is 12.4. The quantitative estimate of drug-likeness (QED) is 0.668. The van der Waals surface area contributed by atoms with Gasteiger partial charge in [0.15, 0.2) is 17.2 Å². The second-order valence-electron chi connectivity index (χ2n) is 6.15. The van der Waals surface area contributed by atoms with Gasteiger partial charge in [-0.15, -0.1) is 0 Å². The predicted molar refractivity (Wildman–Crippen MR) is 97.8 cm³/mol. The smallest absolute Gasteiger partial charge is 0.319 e. The number of hydrogen-bond acceptors (Lipinski definition) is 6. The topological polar surface area (TPSA) is 117 Å². The third-order valence-corrected chi connectivity index (χ3v) is 3.68. The van der Waals surface area contributed by atoms with Gasteiger partial charge in [0.25, 0.3) is 5.91 Å². The minimum Gasteiger partial charge on any atom is -0.470 e. The Morgan fingerprint density at radius 3 is 2.58 bits per heavy atom. The predicted octanol–water partition coefficient (Wildman–Crippen LogP) is 2.47. The highest BCUT2D eigenvalue weighted by atomic mass is 16.5. The summed E-state index contributed by atoms with van der Waals surface area (Å²) in [7, 11) is 0. The van der Waals surface area contributed by atoms with Crippen LogP contribution in [0.4, 0.5) is 27.8 Å². The van der Waals surface area contributed by atoms with Crippen molar-refractivity contribution >= 4 is 34.9 Å². The molecule has 0 aliphatic carbocycles. The van der Waals surface area contributed by atoms with Crippen molar-refractivity contribution in [3.63, 3.8) is 0 Å². The first-order valence-corrected chi connectivity index (χ1v) is 8.16. The summed E-state index contributed by atoms with van der Waals surface area (Å²) in [5.41, 5.74) is 0.385. The number of nitrogens with one attached hydrogen (secondary N) is 4. The molecular formula is C17H20N6O3. The van der Waals surface area contributed by atoms with Crippen molar-refractivity contribution < 1.29 is 14.3 Å². The SMILES string of the molecule is CCNC(=O)Nc1ccc(Nc2ncnc3c2OC(C)(C)C(=O)N3)cc1. The third kappa shape index (κ3) is 3.66. The average Bonchev–Trinajstić information content (AvgIpc) is 2.58. The van der Waals surface area contributed by atoms with Crippen molar-refractivity contribution in [2.75, 3.05) is 22.5 Å². The maximum absolute atomic E-state index is 12.0. The number of carbonyl (C=O) groups excluding carboxylic acids is 2. The maximum Gasteiger partial charge on any atom is 0.319 e. The summed E-state index contributed by atoms with van der Waals surface area (Å²) in [4.78, 5) is 31.7. The van der Waals surface area contributed by atoms with E-state index in [2.05, 4.69) is 31.2 Å². The molecule has 2 heterocycles. The first kappa shape index (κ1) is 17.5. The lowest BCUT2D eigenvalue weighted by atomic mass is 10.1. The van der Waals surface area contributed by atoms with Crippen LogP contribution in [-0.2, 0) is 4.79 Å². The van der Waals surface area contributed by atoms with Gasteiger partial charge in [-0.05, 0) is 45.0 Å². The largest absolute Gasteiger partial charge is 0.470 e. The van der Waals surface area contributed by atoms with Crippen molar-refractivity contribution in [2.24, 2.45) is 0 Å². The third-order valence-electron chi connectivity index (χ3n) is 3.68. The molecule has 4 N–H and O–H groups in total. The molecule has 0 spiro atoms. The van der Waals surface area contributed by atoms with Crippen LogP contribution in [0.15, 0.2) is 30.6 Å². The fraction of sp³-hybridized carbons (Fsp3) is 0.294. The van der Waals surface area contributed by atoms with Gasteiger partial charge in [0.05, 0.1) is 0 Å². The number of anilines is 4. The zero-order chi connectivity index (χ0) is 18.7. The van der Waals surface area contributed by atoms with Crippen LogP contribution in [0, 0.1) is 0 Å². The molecule has 2 aromatic rings. The van der Waals surface area contributed by atoms with E-state index in [9.17, 15) is 9.59 Å². The van der Waals surface area contributed by atoms with Gasteiger partial charge < -0.3 is 26.0 Å². The zero-order valence-electron chi connectivity index (χ0n) is 14.7. The van der Waals surface area contributed by atoms with E-state index >= 15 is 0 Å². The Balaban J connectivity index is 1.77. The maximum atomic E-state index is 12.0. The Labute approximate surface area is 150 Å². The standard InChI is InChI=1S/C17H20N6O3/c1-4-18-16(25)22-11-7-5-10(6-8-11)21-13-12-14(20-9-19-13)23-15(24)17(2,3)26-12/h5-9H,4H2,1-3H3,(H2,18,22,25)(H2,19,20,21,23,24). The van der Waals surface area contributed by atoms with Crippen molar-refractivity contribution in [1.82, 2.24) is 15.3 Å². The van der Waals surface area contributed by atoms with Crippen LogP contribution in [0.1, 0.15) is 20.8 Å². The molecule has 1 aliphatic heterocycles. The molecule has 136 valence electrons. The van der Waals surface area contributed by atoms with E-state index in [1.165, 1.54) is 6.33 Å². The molecule has 9 heteroatoms. The summed E-state index contributed by atoms with van der Waals surface area (Å²) >= 11 is 0. The molecule has 1 aliphatic rings. The molecule has 1 aromatic carbocycles. The molecular weight excluding hydrogens is 336 g/mol. The normalized spacial score (nSPS) is 14.5. The van der Waals surface area contributed by atoms with Crippen molar-refractivity contribution in [3.05, 3.63) is 30.6 Å². The summed E-state index contributed by atoms with van der Waals surface area (Å²) in [5.74, 6) is 0.867. The molecule has 9 nitrogen and oxygen atoms in total. The lowest BCUT2D eigenvalue weighted by molar-refractivity contribution is -0.129. The van der Waals surface area contributed by atoms with E-state index in [-0.39, 0.29) is 11.9 Å². The Morgan fingerprint density at radius 1 is 1.19 bits per heavy atom. The Bertz CT molecular complexity index is 835. The van der Waals surface area contributed by atoms with Gasteiger partial charge in [0.1, 0.15) is 6.33 Å². The van der Waals surface area contributed by atoms with Crippen LogP contribution >= 0.6 is 0 Å². The number of carbonyl (C=O) groups is 2. The first-order valence-electron chi connectivity index (χ1n) is 8.16. The molecule has 1 aromatic heterocycles. The Hall–Kier alpha value is -3.36. The number of nitrogens with zero attached hydrogens (tertiary/aromatic N) is 2. The van der Waals surface area contributed by atoms with Crippen LogP contribution in [0.2, 0.25) is 0 Å². The van der Waals surface area contributed by atoms with Gasteiger partial charge in [-0.25, -0.2) is 14.8 Å². The number of benzene rings is 1. The molecule has 0 atom stereocenters. The molecule has 0 saturated heterocycles. The van der Waals surface area contributed by atoms with Gasteiger partial charge in [-0.1, -0.05) is 0 Å². The Kier molecular flexibility index (Phi) is 4.61. The van der Waals surface area contributed by atoms with E-state index in [1.807, 2.05) is 6.92 Å². The lowest BCUT2D eigenvalue weighted by Gasteiger charge is -2.31. The van der Waals surface area contributed by atoms with Crippen LogP contribution in [0.3, 0.4) is 0 Å². The fourth-order valence-electron chi connectivity index (χ4n) is 2.32. The van der Waals surface area contributed by atoms with Gasteiger partial charge >= 0.3 is 6.03 Å². The molecule has 0 radical (unpaired) electrons. The van der Waals surface area contributed by atoms with Crippen LogP contribution in [0.25, 0.3) is 0 Å². The summed E-state index contributed by atoms with van der Waals surface area (Å²) < 4.78 is 5.77. The van der Waals surface area contributed by atoms with Crippen molar-refractivity contribution in [2.45, 2.75) is 26.4 Å². The van der Waals surface area contributed by atoms with Gasteiger partial charge in [-0.2, -0.15) is 0 Å². The van der Waals surface area contributed by atoms with Crippen molar-refractivity contribution in [1.29, 1.82) is 0 Å². The highest BCUT2D eigenvalue weighted by Crippen LogP contribution is 2.38. The molecule has 3 amide bonds. The minimum absolute atomic E-state index is 0.260. The summed E-state index contributed by atoms with van der Waals surface area (Å²) in [5, 5.41) is 11.2. The van der Waals surface area contributed by atoms with Crippen LogP contribution < -0.4 is 26.0 Å². The number of hydrogen-bond donors (Lipinski definition) is 4. The monoisotopic (exact) mass is 356 g/mol. The molecule has 0 saturated carbocycles. The molecule has 3 rings (SSSR count). The van der Waals surface area contributed by atoms with Gasteiger partial charge in [0, 0.05) is 17.9 Å². The van der Waals surface area contributed by atoms with E-state index < -0.39 is 5.60 Å². The lowest BCUT2D eigenvalue weighted by Crippen LogP contribution is -2.46. The number of amides is 3. The average molecular weight is 356 g/mol. The highest BCUT2D eigenvalue weighted by Gasteiger charge is 2.37. The van der Waals surface area contributed by atoms with Gasteiger partial charge in [-0.3, -0.25) is 4.79 Å².